The molecule has 7 heteroatoms. The largest absolute Gasteiger partial charge is 0.859 e. The van der Waals surface area contributed by atoms with Crippen LogP contribution in [0.5, 0.6) is 5.75 Å². The molecule has 0 fully saturated rings. The average Bonchev–Trinajstić information content (AvgIpc) is 2.46. The highest BCUT2D eigenvalue weighted by molar-refractivity contribution is 9.10. The molecule has 5 nitrogen and oxygen atoms in total. The zero-order valence-electron chi connectivity index (χ0n) is 11.7. The third-order valence-corrected chi connectivity index (χ3v) is 4.56. The molecule has 22 heavy (non-hydrogen) atoms. The maximum atomic E-state index is 12.0. The van der Waals surface area contributed by atoms with E-state index in [1.54, 1.807) is 24.3 Å². The van der Waals surface area contributed by atoms with Crippen LogP contribution in [0.1, 0.15) is 5.56 Å². The van der Waals surface area contributed by atoms with Gasteiger partial charge in [0.2, 0.25) is 0 Å². The van der Waals surface area contributed by atoms with E-state index in [1.807, 2.05) is 19.1 Å². The Kier molecular flexibility index (Phi) is 5.20. The molecule has 0 saturated heterocycles. The summed E-state index contributed by atoms with van der Waals surface area (Å²) in [5, 5.41) is 11.7. The molecular weight excluding hydrogens is 370 g/mol. The van der Waals surface area contributed by atoms with Gasteiger partial charge in [0.1, 0.15) is 12.4 Å². The summed E-state index contributed by atoms with van der Waals surface area (Å²) in [6.45, 7) is 1.49. The Labute approximate surface area is 137 Å². The molecule has 2 aromatic rings. The number of rotatable bonds is 5. The molecule has 0 spiro atoms. The molecule has 0 atom stereocenters. The zero-order valence-corrected chi connectivity index (χ0v) is 14.1. The molecule has 0 unspecified atom stereocenters. The molecule has 0 saturated carbocycles. The van der Waals surface area contributed by atoms with Crippen LogP contribution in [-0.4, -0.2) is 20.9 Å². The van der Waals surface area contributed by atoms with Crippen LogP contribution >= 0.6 is 15.9 Å². The second-order valence-corrected chi connectivity index (χ2v) is 7.04. The van der Waals surface area contributed by atoms with Crippen molar-refractivity contribution < 1.29 is 18.3 Å². The molecule has 0 aliphatic heterocycles. The topological polar surface area (TPSA) is 78.8 Å². The van der Waals surface area contributed by atoms with Crippen LogP contribution < -0.4 is 9.84 Å². The van der Waals surface area contributed by atoms with Crippen molar-refractivity contribution >= 4 is 31.9 Å². The van der Waals surface area contributed by atoms with Crippen molar-refractivity contribution in [3.63, 3.8) is 0 Å². The van der Waals surface area contributed by atoms with Gasteiger partial charge in [-0.25, -0.2) is 0 Å². The highest BCUT2D eigenvalue weighted by Crippen LogP contribution is 2.16. The molecule has 0 aromatic heterocycles. The second kappa shape index (κ2) is 6.93. The van der Waals surface area contributed by atoms with E-state index in [1.165, 1.54) is 12.1 Å². The Hall–Kier alpha value is -1.86. The van der Waals surface area contributed by atoms with Crippen LogP contribution in [0.3, 0.4) is 0 Å². The number of ether oxygens (including phenoxy) is 1. The first-order chi connectivity index (χ1) is 10.4. The minimum absolute atomic E-state index is 0.0422. The van der Waals surface area contributed by atoms with Crippen LogP contribution in [0.4, 0.5) is 0 Å². The molecule has 0 aliphatic carbocycles. The molecule has 0 heterocycles. The van der Waals surface area contributed by atoms with Crippen LogP contribution in [0.2, 0.25) is 0 Å². The molecule has 0 N–H and O–H groups in total. The van der Waals surface area contributed by atoms with Gasteiger partial charge >= 0.3 is 0 Å². The molecule has 0 bridgehead atoms. The van der Waals surface area contributed by atoms with E-state index < -0.39 is 22.5 Å². The Morgan fingerprint density at radius 3 is 2.32 bits per heavy atom. The van der Waals surface area contributed by atoms with E-state index in [-0.39, 0.29) is 4.90 Å². The second-order valence-electron chi connectivity index (χ2n) is 4.52. The monoisotopic (exact) mass is 382 g/mol. The van der Waals surface area contributed by atoms with E-state index in [0.717, 1.165) is 10.0 Å². The number of halogens is 1. The maximum Gasteiger partial charge on any atom is 0.281 e. The molecule has 2 rings (SSSR count). The fraction of sp³-hybridized carbons (Fsp3) is 0.133. The van der Waals surface area contributed by atoms with Crippen LogP contribution in [0.15, 0.2) is 62.3 Å². The summed E-state index contributed by atoms with van der Waals surface area (Å²) in [5.74, 6) is -0.376. The van der Waals surface area contributed by atoms with Crippen molar-refractivity contribution in [2.24, 2.45) is 4.40 Å². The van der Waals surface area contributed by atoms with Gasteiger partial charge in [0.05, 0.1) is 4.90 Å². The fourth-order valence-electron chi connectivity index (χ4n) is 1.60. The number of aryl methyl sites for hydroxylation is 1. The van der Waals surface area contributed by atoms with Crippen molar-refractivity contribution in [2.75, 3.05) is 6.61 Å². The summed E-state index contributed by atoms with van der Waals surface area (Å²) < 4.78 is 33.1. The summed E-state index contributed by atoms with van der Waals surface area (Å²) >= 11 is 3.21. The Bertz CT molecular complexity index is 768. The van der Waals surface area contributed by atoms with E-state index in [2.05, 4.69) is 20.3 Å². The third kappa shape index (κ3) is 4.57. The highest BCUT2D eigenvalue weighted by Gasteiger charge is 2.11. The summed E-state index contributed by atoms with van der Waals surface area (Å²) in [6.07, 6.45) is 0. The molecule has 116 valence electrons. The number of hydrogen-bond acceptors (Lipinski definition) is 4. The lowest BCUT2D eigenvalue weighted by molar-refractivity contribution is -0.220. The lowest BCUT2D eigenvalue weighted by atomic mass is 10.2. The SMILES string of the molecule is Cc1ccc(OCC([O-])=NS(=O)(=O)c2ccc(Br)cc2)cc1. The highest BCUT2D eigenvalue weighted by atomic mass is 79.9. The zero-order chi connectivity index (χ0) is 16.2. The summed E-state index contributed by atoms with van der Waals surface area (Å²) in [5.41, 5.74) is 1.06. The van der Waals surface area contributed by atoms with Crippen LogP contribution in [0, 0.1) is 6.92 Å². The van der Waals surface area contributed by atoms with Gasteiger partial charge in [-0.3, -0.25) is 0 Å². The molecular formula is C15H13BrNO4S-. The Balaban J connectivity index is 2.07. The third-order valence-electron chi connectivity index (χ3n) is 2.72. The summed E-state index contributed by atoms with van der Waals surface area (Å²) in [7, 11) is -4.01. The summed E-state index contributed by atoms with van der Waals surface area (Å²) in [4.78, 5) is -0.0422. The predicted molar refractivity (Wildman–Crippen MR) is 85.4 cm³/mol. The molecule has 2 aromatic carbocycles. The maximum absolute atomic E-state index is 12.0. The summed E-state index contributed by atoms with van der Waals surface area (Å²) in [6, 6.07) is 12.9. The Morgan fingerprint density at radius 1 is 1.14 bits per heavy atom. The minimum atomic E-state index is -4.01. The van der Waals surface area contributed by atoms with Crippen molar-refractivity contribution in [3.05, 3.63) is 58.6 Å². The normalized spacial score (nSPS) is 12.2. The lowest BCUT2D eigenvalue weighted by Gasteiger charge is -2.12. The van der Waals surface area contributed by atoms with Gasteiger partial charge in [0.25, 0.3) is 10.0 Å². The first-order valence-electron chi connectivity index (χ1n) is 6.33. The van der Waals surface area contributed by atoms with Gasteiger partial charge in [0.15, 0.2) is 0 Å². The van der Waals surface area contributed by atoms with Crippen LogP contribution in [-0.2, 0) is 10.0 Å². The van der Waals surface area contributed by atoms with Gasteiger partial charge in [-0.1, -0.05) is 33.6 Å². The van der Waals surface area contributed by atoms with E-state index in [9.17, 15) is 13.5 Å². The van der Waals surface area contributed by atoms with E-state index in [4.69, 9.17) is 4.74 Å². The fourth-order valence-corrected chi connectivity index (χ4v) is 2.77. The lowest BCUT2D eigenvalue weighted by Crippen LogP contribution is -2.26. The van der Waals surface area contributed by atoms with Gasteiger partial charge in [-0.2, -0.15) is 12.8 Å². The predicted octanol–water partition coefficient (Wildman–Crippen LogP) is 2.28. The van der Waals surface area contributed by atoms with Gasteiger partial charge in [0, 0.05) is 10.4 Å². The standard InChI is InChI=1S/C15H14BrNO4S/c1-11-2-6-13(7-3-11)21-10-15(18)17-22(19,20)14-8-4-12(16)5-9-14/h2-9H,10H2,1H3,(H,17,18)/p-1. The number of nitrogens with zero attached hydrogens (tertiary/aromatic N) is 1. The molecule has 0 radical (unpaired) electrons. The van der Waals surface area contributed by atoms with Crippen LogP contribution in [0.25, 0.3) is 0 Å². The van der Waals surface area contributed by atoms with Crippen molar-refractivity contribution in [1.29, 1.82) is 0 Å². The smallest absolute Gasteiger partial charge is 0.281 e. The van der Waals surface area contributed by atoms with Crippen molar-refractivity contribution in [2.45, 2.75) is 11.8 Å². The van der Waals surface area contributed by atoms with Gasteiger partial charge < -0.3 is 9.84 Å². The molecule has 0 aliphatic rings. The number of hydrogen-bond donors (Lipinski definition) is 0. The Morgan fingerprint density at radius 2 is 1.73 bits per heavy atom. The minimum Gasteiger partial charge on any atom is -0.859 e. The number of sulfonamides is 1. The first kappa shape index (κ1) is 16.5. The van der Waals surface area contributed by atoms with E-state index >= 15 is 0 Å². The van der Waals surface area contributed by atoms with Gasteiger partial charge in [-0.15, -0.1) is 0 Å². The molecule has 0 amide bonds. The van der Waals surface area contributed by atoms with Gasteiger partial charge in [-0.05, 0) is 43.3 Å². The quantitative estimate of drug-likeness (QED) is 0.586. The number of benzene rings is 2. The van der Waals surface area contributed by atoms with E-state index in [0.29, 0.717) is 5.75 Å². The van der Waals surface area contributed by atoms with Crippen molar-refractivity contribution in [3.8, 4) is 5.75 Å². The first-order valence-corrected chi connectivity index (χ1v) is 8.56. The average molecular weight is 383 g/mol. The van der Waals surface area contributed by atoms with Crippen molar-refractivity contribution in [1.82, 2.24) is 0 Å².